The van der Waals surface area contributed by atoms with Gasteiger partial charge in [-0.1, -0.05) is 35.9 Å². The minimum Gasteiger partial charge on any atom is -0.457 e. The van der Waals surface area contributed by atoms with Gasteiger partial charge in [0.25, 0.3) is 5.91 Å². The number of amides is 1. The first-order valence-corrected chi connectivity index (χ1v) is 10.2. The molecular weight excluding hydrogens is 388 g/mol. The number of rotatable bonds is 4. The van der Waals surface area contributed by atoms with Crippen molar-refractivity contribution >= 4 is 17.4 Å². The first-order chi connectivity index (χ1) is 15.1. The topological polar surface area (TPSA) is 82.2 Å². The van der Waals surface area contributed by atoms with Crippen LogP contribution in [0.4, 0.5) is 11.5 Å². The monoisotopic (exact) mass is 410 g/mol. The lowest BCUT2D eigenvalue weighted by molar-refractivity contribution is 0.100. The largest absolute Gasteiger partial charge is 0.457 e. The number of benzene rings is 3. The molecule has 1 amide bonds. The Bertz CT molecular complexity index is 1260. The number of anilines is 2. The van der Waals surface area contributed by atoms with Crippen molar-refractivity contribution in [2.24, 2.45) is 5.73 Å². The van der Waals surface area contributed by atoms with Crippen molar-refractivity contribution < 1.29 is 9.53 Å². The van der Waals surface area contributed by atoms with Gasteiger partial charge in [0.15, 0.2) is 0 Å². The van der Waals surface area contributed by atoms with Crippen LogP contribution in [0, 0.1) is 6.92 Å². The molecule has 0 aliphatic carbocycles. The third-order valence-corrected chi connectivity index (χ3v) is 5.41. The van der Waals surface area contributed by atoms with Crippen molar-refractivity contribution in [3.63, 3.8) is 0 Å². The Morgan fingerprint density at radius 1 is 1.03 bits per heavy atom. The summed E-state index contributed by atoms with van der Waals surface area (Å²) in [6.45, 7) is 2.73. The number of para-hydroxylation sites is 1. The first kappa shape index (κ1) is 18.9. The fraction of sp³-hybridized carbons (Fsp3) is 0.120. The van der Waals surface area contributed by atoms with E-state index in [0.717, 1.165) is 23.4 Å². The second-order valence-corrected chi connectivity index (χ2v) is 7.63. The average Bonchev–Trinajstić information content (AvgIpc) is 3.04. The maximum Gasteiger partial charge on any atom is 0.254 e. The summed E-state index contributed by atoms with van der Waals surface area (Å²) in [4.78, 5) is 12.4. The Balaban J connectivity index is 1.50. The van der Waals surface area contributed by atoms with Gasteiger partial charge >= 0.3 is 0 Å². The zero-order valence-corrected chi connectivity index (χ0v) is 17.1. The number of nitrogens with two attached hydrogens (primary N) is 1. The molecule has 3 aromatic carbocycles. The van der Waals surface area contributed by atoms with Gasteiger partial charge in [-0.2, -0.15) is 5.10 Å². The molecule has 6 heteroatoms. The Labute approximate surface area is 180 Å². The van der Waals surface area contributed by atoms with Crippen LogP contribution in [0.5, 0.6) is 11.5 Å². The molecule has 4 aromatic rings. The molecule has 0 saturated heterocycles. The van der Waals surface area contributed by atoms with Crippen LogP contribution in [0.1, 0.15) is 21.5 Å². The number of aryl methyl sites for hydroxylation is 3. The normalized spacial score (nSPS) is 12.3. The number of nitrogens with one attached hydrogen (secondary N) is 1. The molecule has 6 nitrogen and oxygen atoms in total. The van der Waals surface area contributed by atoms with Gasteiger partial charge in [-0.3, -0.25) is 4.79 Å². The molecule has 5 rings (SSSR count). The molecule has 1 aliphatic heterocycles. The maximum atomic E-state index is 12.4. The van der Waals surface area contributed by atoms with Crippen LogP contribution in [0.15, 0.2) is 72.8 Å². The van der Waals surface area contributed by atoms with E-state index < -0.39 is 5.91 Å². The zero-order valence-electron chi connectivity index (χ0n) is 17.1. The number of primary amides is 1. The lowest BCUT2D eigenvalue weighted by Gasteiger charge is -2.10. The molecule has 2 heterocycles. The van der Waals surface area contributed by atoms with Gasteiger partial charge < -0.3 is 15.8 Å². The van der Waals surface area contributed by atoms with Crippen molar-refractivity contribution in [1.29, 1.82) is 0 Å². The third-order valence-electron chi connectivity index (χ3n) is 5.41. The first-order valence-electron chi connectivity index (χ1n) is 10.2. The fourth-order valence-corrected chi connectivity index (χ4v) is 3.90. The second kappa shape index (κ2) is 7.65. The summed E-state index contributed by atoms with van der Waals surface area (Å²) in [5.74, 6) is 1.59. The van der Waals surface area contributed by atoms with Crippen molar-refractivity contribution in [2.75, 3.05) is 5.32 Å². The van der Waals surface area contributed by atoms with Crippen LogP contribution in [0.25, 0.3) is 11.3 Å². The Hall–Kier alpha value is -4.06. The molecule has 1 aliphatic rings. The molecule has 0 saturated carbocycles. The Morgan fingerprint density at radius 2 is 1.77 bits per heavy atom. The SMILES string of the molecule is Cc1ccc2c(c1)CCn1nc(-c3ccc(Oc4ccccc4)cc3)c(C(N)=O)c1N2. The van der Waals surface area contributed by atoms with E-state index in [1.54, 1.807) is 0 Å². The van der Waals surface area contributed by atoms with Crippen LogP contribution < -0.4 is 15.8 Å². The zero-order chi connectivity index (χ0) is 21.4. The minimum absolute atomic E-state index is 0.394. The molecule has 0 radical (unpaired) electrons. The second-order valence-electron chi connectivity index (χ2n) is 7.63. The summed E-state index contributed by atoms with van der Waals surface area (Å²) in [6.07, 6.45) is 0.820. The summed E-state index contributed by atoms with van der Waals surface area (Å²) in [6, 6.07) is 23.3. The molecular formula is C25H22N4O2. The summed E-state index contributed by atoms with van der Waals surface area (Å²) in [5.41, 5.74) is 10.9. The molecule has 1 aromatic heterocycles. The van der Waals surface area contributed by atoms with Gasteiger partial charge in [0.05, 0.1) is 0 Å². The van der Waals surface area contributed by atoms with Gasteiger partial charge in [-0.25, -0.2) is 4.68 Å². The molecule has 0 bridgehead atoms. The van der Waals surface area contributed by atoms with Crippen LogP contribution >= 0.6 is 0 Å². The van der Waals surface area contributed by atoms with E-state index in [4.69, 9.17) is 15.6 Å². The number of ether oxygens (including phenoxy) is 1. The number of hydrogen-bond donors (Lipinski definition) is 2. The highest BCUT2D eigenvalue weighted by Crippen LogP contribution is 2.35. The number of carbonyl (C=O) groups is 1. The van der Waals surface area contributed by atoms with Gasteiger partial charge in [-0.15, -0.1) is 0 Å². The average molecular weight is 410 g/mol. The van der Waals surface area contributed by atoms with Gasteiger partial charge in [0, 0.05) is 17.8 Å². The molecule has 3 N–H and O–H groups in total. The van der Waals surface area contributed by atoms with Crippen LogP contribution in [0.3, 0.4) is 0 Å². The molecule has 0 unspecified atom stereocenters. The molecule has 154 valence electrons. The van der Waals surface area contributed by atoms with E-state index in [2.05, 4.69) is 18.3 Å². The lowest BCUT2D eigenvalue weighted by atomic mass is 10.1. The highest BCUT2D eigenvalue weighted by atomic mass is 16.5. The Morgan fingerprint density at radius 3 is 2.52 bits per heavy atom. The van der Waals surface area contributed by atoms with E-state index in [1.165, 1.54) is 11.1 Å². The van der Waals surface area contributed by atoms with E-state index in [9.17, 15) is 4.79 Å². The fourth-order valence-electron chi connectivity index (χ4n) is 3.90. The Kier molecular flexibility index (Phi) is 4.67. The number of carbonyl (C=O) groups excluding carboxylic acids is 1. The van der Waals surface area contributed by atoms with E-state index in [0.29, 0.717) is 29.4 Å². The predicted octanol–water partition coefficient (Wildman–Crippen LogP) is 5.05. The van der Waals surface area contributed by atoms with E-state index >= 15 is 0 Å². The van der Waals surface area contributed by atoms with Crippen LogP contribution in [-0.2, 0) is 13.0 Å². The minimum atomic E-state index is -0.510. The summed E-state index contributed by atoms with van der Waals surface area (Å²) in [7, 11) is 0. The van der Waals surface area contributed by atoms with Crippen LogP contribution in [-0.4, -0.2) is 15.7 Å². The highest BCUT2D eigenvalue weighted by molar-refractivity contribution is 6.04. The standard InChI is InChI=1S/C25H22N4O2/c1-16-7-12-21-18(15-16)13-14-29-25(27-21)22(24(26)30)23(28-29)17-8-10-20(11-9-17)31-19-5-3-2-4-6-19/h2-12,15,27H,13-14H2,1H3,(H2,26,30). The highest BCUT2D eigenvalue weighted by Gasteiger charge is 2.26. The quantitative estimate of drug-likeness (QED) is 0.493. The summed E-state index contributed by atoms with van der Waals surface area (Å²) < 4.78 is 7.70. The summed E-state index contributed by atoms with van der Waals surface area (Å²) >= 11 is 0. The van der Waals surface area contributed by atoms with Gasteiger partial charge in [-0.05, 0) is 61.4 Å². The number of hydrogen-bond acceptors (Lipinski definition) is 4. The molecule has 0 atom stereocenters. The van der Waals surface area contributed by atoms with Crippen LogP contribution in [0.2, 0.25) is 0 Å². The maximum absolute atomic E-state index is 12.4. The smallest absolute Gasteiger partial charge is 0.254 e. The van der Waals surface area contributed by atoms with Crippen molar-refractivity contribution in [1.82, 2.24) is 9.78 Å². The molecule has 31 heavy (non-hydrogen) atoms. The van der Waals surface area contributed by atoms with E-state index in [-0.39, 0.29) is 0 Å². The van der Waals surface area contributed by atoms with Crippen molar-refractivity contribution in [3.8, 4) is 22.8 Å². The van der Waals surface area contributed by atoms with Crippen molar-refractivity contribution in [2.45, 2.75) is 19.9 Å². The van der Waals surface area contributed by atoms with Crippen molar-refractivity contribution in [3.05, 3.63) is 89.5 Å². The molecule has 0 spiro atoms. The van der Waals surface area contributed by atoms with Gasteiger partial charge in [0.1, 0.15) is 28.6 Å². The molecule has 0 fully saturated rings. The number of aromatic nitrogens is 2. The number of fused-ring (bicyclic) bond motifs is 2. The van der Waals surface area contributed by atoms with E-state index in [1.807, 2.05) is 71.4 Å². The predicted molar refractivity (Wildman–Crippen MR) is 121 cm³/mol. The lowest BCUT2D eigenvalue weighted by Crippen LogP contribution is -2.14. The number of nitrogens with zero attached hydrogens (tertiary/aromatic N) is 2. The summed E-state index contributed by atoms with van der Waals surface area (Å²) in [5, 5.41) is 8.12. The third kappa shape index (κ3) is 3.64. The van der Waals surface area contributed by atoms with Gasteiger partial charge in [0.2, 0.25) is 0 Å².